The van der Waals surface area contributed by atoms with Crippen LogP contribution in [0.15, 0.2) is 12.7 Å². The van der Waals surface area contributed by atoms with Crippen LogP contribution < -0.4 is 0 Å². The van der Waals surface area contributed by atoms with Gasteiger partial charge in [-0.1, -0.05) is 6.58 Å². The Morgan fingerprint density at radius 1 is 1.78 bits per heavy atom. The van der Waals surface area contributed by atoms with E-state index < -0.39 is 0 Å². The van der Waals surface area contributed by atoms with Crippen LogP contribution in [0.3, 0.4) is 0 Å². The van der Waals surface area contributed by atoms with Crippen LogP contribution >= 0.6 is 0 Å². The highest BCUT2D eigenvalue weighted by molar-refractivity contribution is 5.88. The molecule has 0 atom stereocenters. The van der Waals surface area contributed by atoms with E-state index in [1.54, 1.807) is 7.05 Å². The Bertz CT molecular complexity index is 131. The van der Waals surface area contributed by atoms with E-state index in [2.05, 4.69) is 6.58 Å². The standard InChI is InChI=1S/C6H9NO2/c1-3-6(9)7(2)4-5-8/h3,5H,1,4H2,2H3. The lowest BCUT2D eigenvalue weighted by Crippen LogP contribution is -2.26. The zero-order valence-corrected chi connectivity index (χ0v) is 5.33. The minimum atomic E-state index is -0.234. The minimum absolute atomic E-state index is 0.130. The maximum Gasteiger partial charge on any atom is 0.246 e. The van der Waals surface area contributed by atoms with E-state index in [-0.39, 0.29) is 12.5 Å². The summed E-state index contributed by atoms with van der Waals surface area (Å²) in [4.78, 5) is 21.6. The number of carbonyl (C=O) groups is 2. The average molecular weight is 127 g/mol. The second-order valence-corrected chi connectivity index (χ2v) is 1.59. The summed E-state index contributed by atoms with van der Waals surface area (Å²) in [5.74, 6) is -0.234. The molecule has 0 aliphatic carbocycles. The number of rotatable bonds is 3. The molecule has 9 heavy (non-hydrogen) atoms. The van der Waals surface area contributed by atoms with Crippen molar-refractivity contribution in [1.82, 2.24) is 4.90 Å². The smallest absolute Gasteiger partial charge is 0.246 e. The lowest BCUT2D eigenvalue weighted by Gasteiger charge is -2.08. The molecule has 0 aromatic heterocycles. The highest BCUT2D eigenvalue weighted by atomic mass is 16.2. The summed E-state index contributed by atoms with van der Waals surface area (Å²) in [6.45, 7) is 3.39. The predicted octanol–water partition coefficient (Wildman–Crippen LogP) is -0.170. The third kappa shape index (κ3) is 2.64. The Morgan fingerprint density at radius 3 is 2.67 bits per heavy atom. The van der Waals surface area contributed by atoms with Crippen molar-refractivity contribution in [2.45, 2.75) is 0 Å². The van der Waals surface area contributed by atoms with Crippen LogP contribution in [0.25, 0.3) is 0 Å². The Morgan fingerprint density at radius 2 is 2.33 bits per heavy atom. The van der Waals surface area contributed by atoms with Crippen LogP contribution in [0.4, 0.5) is 0 Å². The maximum atomic E-state index is 10.6. The van der Waals surface area contributed by atoms with Crippen LogP contribution in [0.2, 0.25) is 0 Å². The van der Waals surface area contributed by atoms with Crippen molar-refractivity contribution in [1.29, 1.82) is 0 Å². The molecule has 0 aliphatic heterocycles. The summed E-state index contributed by atoms with van der Waals surface area (Å²) in [5.41, 5.74) is 0. The first-order chi connectivity index (χ1) is 4.22. The van der Waals surface area contributed by atoms with Gasteiger partial charge < -0.3 is 9.69 Å². The molecule has 0 unspecified atom stereocenters. The summed E-state index contributed by atoms with van der Waals surface area (Å²) >= 11 is 0. The van der Waals surface area contributed by atoms with E-state index in [1.807, 2.05) is 0 Å². The molecule has 0 fully saturated rings. The van der Waals surface area contributed by atoms with E-state index in [1.165, 1.54) is 11.0 Å². The number of amides is 1. The number of hydrogen-bond acceptors (Lipinski definition) is 2. The molecule has 0 bridgehead atoms. The molecule has 0 spiro atoms. The fourth-order valence-electron chi connectivity index (χ4n) is 0.358. The Labute approximate surface area is 54.0 Å². The highest BCUT2D eigenvalue weighted by Crippen LogP contribution is 1.80. The number of nitrogens with zero attached hydrogens (tertiary/aromatic N) is 1. The van der Waals surface area contributed by atoms with Crippen LogP contribution in [-0.4, -0.2) is 30.7 Å². The van der Waals surface area contributed by atoms with Crippen molar-refractivity contribution < 1.29 is 9.59 Å². The largest absolute Gasteiger partial charge is 0.335 e. The van der Waals surface area contributed by atoms with Gasteiger partial charge in [-0.25, -0.2) is 0 Å². The van der Waals surface area contributed by atoms with Gasteiger partial charge in [-0.15, -0.1) is 0 Å². The molecule has 3 heteroatoms. The summed E-state index contributed by atoms with van der Waals surface area (Å²) < 4.78 is 0. The fourth-order valence-corrected chi connectivity index (χ4v) is 0.358. The van der Waals surface area contributed by atoms with Crippen LogP contribution in [0.5, 0.6) is 0 Å². The molecule has 50 valence electrons. The van der Waals surface area contributed by atoms with Crippen LogP contribution in [0, 0.1) is 0 Å². The first-order valence-corrected chi connectivity index (χ1v) is 2.53. The molecule has 0 aliphatic rings. The van der Waals surface area contributed by atoms with Gasteiger partial charge in [0.2, 0.25) is 5.91 Å². The van der Waals surface area contributed by atoms with E-state index in [4.69, 9.17) is 0 Å². The molecular formula is C6H9NO2. The van der Waals surface area contributed by atoms with Crippen molar-refractivity contribution in [2.75, 3.05) is 13.6 Å². The van der Waals surface area contributed by atoms with Gasteiger partial charge in [-0.3, -0.25) is 4.79 Å². The Balaban J connectivity index is 3.71. The quantitative estimate of drug-likeness (QED) is 0.390. The molecule has 0 rings (SSSR count). The molecule has 0 saturated carbocycles. The van der Waals surface area contributed by atoms with Crippen molar-refractivity contribution >= 4 is 12.2 Å². The minimum Gasteiger partial charge on any atom is -0.335 e. The second-order valence-electron chi connectivity index (χ2n) is 1.59. The average Bonchev–Trinajstić information content (AvgIpc) is 1.87. The molecule has 0 N–H and O–H groups in total. The summed E-state index contributed by atoms with van der Waals surface area (Å²) in [6, 6.07) is 0. The maximum absolute atomic E-state index is 10.6. The number of likely N-dealkylation sites (N-methyl/N-ethyl adjacent to an activating group) is 1. The molecule has 0 aromatic carbocycles. The second kappa shape index (κ2) is 3.83. The van der Waals surface area contributed by atoms with Crippen LogP contribution in [0.1, 0.15) is 0 Å². The first-order valence-electron chi connectivity index (χ1n) is 2.53. The lowest BCUT2D eigenvalue weighted by atomic mass is 10.5. The monoisotopic (exact) mass is 127 g/mol. The molecule has 3 nitrogen and oxygen atoms in total. The van der Waals surface area contributed by atoms with Crippen molar-refractivity contribution in [3.05, 3.63) is 12.7 Å². The summed E-state index contributed by atoms with van der Waals surface area (Å²) in [5, 5.41) is 0. The van der Waals surface area contributed by atoms with Gasteiger partial charge in [0.05, 0.1) is 6.54 Å². The number of hydrogen-bond donors (Lipinski definition) is 0. The third-order valence-electron chi connectivity index (χ3n) is 0.899. The van der Waals surface area contributed by atoms with Crippen molar-refractivity contribution in [3.63, 3.8) is 0 Å². The van der Waals surface area contributed by atoms with E-state index in [9.17, 15) is 9.59 Å². The fraction of sp³-hybridized carbons (Fsp3) is 0.333. The van der Waals surface area contributed by atoms with E-state index in [0.717, 1.165) is 0 Å². The van der Waals surface area contributed by atoms with Crippen LogP contribution in [-0.2, 0) is 9.59 Å². The van der Waals surface area contributed by atoms with Gasteiger partial charge in [-0.05, 0) is 6.08 Å². The molecule has 1 amide bonds. The normalized spacial score (nSPS) is 8.11. The predicted molar refractivity (Wildman–Crippen MR) is 33.9 cm³/mol. The number of carbonyl (C=O) groups excluding carboxylic acids is 2. The molecular weight excluding hydrogens is 118 g/mol. The molecule has 0 aromatic rings. The van der Waals surface area contributed by atoms with Gasteiger partial charge in [-0.2, -0.15) is 0 Å². The summed E-state index contributed by atoms with van der Waals surface area (Å²) in [6.07, 6.45) is 1.84. The van der Waals surface area contributed by atoms with Crippen molar-refractivity contribution in [2.24, 2.45) is 0 Å². The third-order valence-corrected chi connectivity index (χ3v) is 0.899. The van der Waals surface area contributed by atoms with E-state index in [0.29, 0.717) is 6.29 Å². The zero-order valence-electron chi connectivity index (χ0n) is 5.33. The molecule has 0 radical (unpaired) electrons. The van der Waals surface area contributed by atoms with Gasteiger partial charge >= 0.3 is 0 Å². The Hall–Kier alpha value is -1.12. The molecule has 0 heterocycles. The number of aldehydes is 1. The van der Waals surface area contributed by atoms with E-state index >= 15 is 0 Å². The SMILES string of the molecule is C=CC(=O)N(C)CC=O. The zero-order chi connectivity index (χ0) is 7.28. The van der Waals surface area contributed by atoms with Gasteiger partial charge in [0.1, 0.15) is 6.29 Å². The first kappa shape index (κ1) is 7.88. The molecule has 0 saturated heterocycles. The highest BCUT2D eigenvalue weighted by Gasteiger charge is 1.99. The van der Waals surface area contributed by atoms with Gasteiger partial charge in [0.25, 0.3) is 0 Å². The Kier molecular flexibility index (Phi) is 3.35. The topological polar surface area (TPSA) is 37.4 Å². The van der Waals surface area contributed by atoms with Gasteiger partial charge in [0.15, 0.2) is 0 Å². The van der Waals surface area contributed by atoms with Crippen molar-refractivity contribution in [3.8, 4) is 0 Å². The lowest BCUT2D eigenvalue weighted by molar-refractivity contribution is -0.127. The summed E-state index contributed by atoms with van der Waals surface area (Å²) in [7, 11) is 1.54. The van der Waals surface area contributed by atoms with Gasteiger partial charge in [0, 0.05) is 7.05 Å².